The van der Waals surface area contributed by atoms with E-state index in [0.717, 1.165) is 39.3 Å². The number of ketones is 1. The first-order chi connectivity index (χ1) is 21.4. The smallest absolute Gasteiger partial charge is 0.163 e. The van der Waals surface area contributed by atoms with Gasteiger partial charge in [0, 0.05) is 17.7 Å². The number of allylic oxidation sites excluding steroid dienone is 1. The van der Waals surface area contributed by atoms with E-state index in [1.165, 1.54) is 0 Å². The van der Waals surface area contributed by atoms with E-state index in [-0.39, 0.29) is 23.8 Å². The molecule has 2 unspecified atom stereocenters. The highest BCUT2D eigenvalue weighted by atomic mass is 16.5. The number of benzene rings is 4. The molecule has 2 N–H and O–H groups in total. The summed E-state index contributed by atoms with van der Waals surface area (Å²) in [7, 11) is 3.28. The molecule has 44 heavy (non-hydrogen) atoms. The molecule has 226 valence electrons. The van der Waals surface area contributed by atoms with Crippen molar-refractivity contribution in [1.29, 1.82) is 0 Å². The number of carbonyl (C=O) groups is 1. The Morgan fingerprint density at radius 2 is 1.43 bits per heavy atom. The van der Waals surface area contributed by atoms with Gasteiger partial charge in [0.2, 0.25) is 0 Å². The average Bonchev–Trinajstić information content (AvgIpc) is 3.21. The number of hydrogen-bond acceptors (Lipinski definition) is 7. The SMILES string of the molecule is COc1ccc(C2Nc3ccccc3NC3=C2C(=O)CC(c2ccc(OC(C)C)c(OC)c2)C3)cc1OCc1ccccc1. The zero-order valence-electron chi connectivity index (χ0n) is 25.6. The summed E-state index contributed by atoms with van der Waals surface area (Å²) < 4.78 is 23.5. The molecule has 2 atom stereocenters. The number of Topliss-reactive ketones (excluding diaryl/α,β-unsaturated/α-hetero) is 1. The lowest BCUT2D eigenvalue weighted by molar-refractivity contribution is -0.116. The van der Waals surface area contributed by atoms with E-state index < -0.39 is 0 Å². The highest BCUT2D eigenvalue weighted by molar-refractivity contribution is 6.01. The minimum atomic E-state index is -0.379. The van der Waals surface area contributed by atoms with Crippen LogP contribution in [0.4, 0.5) is 11.4 Å². The summed E-state index contributed by atoms with van der Waals surface area (Å²) in [6.07, 6.45) is 1.09. The fourth-order valence-corrected chi connectivity index (χ4v) is 5.99. The maximum atomic E-state index is 14.1. The zero-order valence-corrected chi connectivity index (χ0v) is 25.6. The molecule has 0 saturated carbocycles. The Hall–Kier alpha value is -4.91. The van der Waals surface area contributed by atoms with Crippen LogP contribution in [0.15, 0.2) is 102 Å². The lowest BCUT2D eigenvalue weighted by atomic mass is 9.78. The monoisotopic (exact) mass is 590 g/mol. The second-order valence-electron chi connectivity index (χ2n) is 11.4. The summed E-state index contributed by atoms with van der Waals surface area (Å²) in [5, 5.41) is 7.29. The highest BCUT2D eigenvalue weighted by Crippen LogP contribution is 2.46. The van der Waals surface area contributed by atoms with Crippen molar-refractivity contribution >= 4 is 17.2 Å². The van der Waals surface area contributed by atoms with Gasteiger partial charge in [-0.2, -0.15) is 0 Å². The number of para-hydroxylation sites is 2. The number of nitrogens with one attached hydrogen (secondary N) is 2. The van der Waals surface area contributed by atoms with Gasteiger partial charge in [0.15, 0.2) is 28.8 Å². The van der Waals surface area contributed by atoms with Crippen molar-refractivity contribution in [1.82, 2.24) is 0 Å². The van der Waals surface area contributed by atoms with Gasteiger partial charge >= 0.3 is 0 Å². The number of fused-ring (bicyclic) bond motifs is 1. The van der Waals surface area contributed by atoms with Crippen molar-refractivity contribution < 1.29 is 23.7 Å². The fraction of sp³-hybridized carbons (Fsp3) is 0.270. The zero-order chi connectivity index (χ0) is 30.6. The lowest BCUT2D eigenvalue weighted by Crippen LogP contribution is -2.27. The van der Waals surface area contributed by atoms with Crippen molar-refractivity contribution in [2.24, 2.45) is 0 Å². The van der Waals surface area contributed by atoms with Gasteiger partial charge in [0.25, 0.3) is 0 Å². The molecule has 0 amide bonds. The number of hydrogen-bond donors (Lipinski definition) is 2. The standard InChI is InChI=1S/C37H38N2O5/c1-23(2)44-33-17-14-25(20-34(33)42-4)27-18-30-36(31(40)19-27)37(39-29-13-9-8-12-28(29)38-30)26-15-16-32(41-3)35(21-26)43-22-24-10-6-5-7-11-24/h5-17,20-21,23,27,37-39H,18-19,22H2,1-4H3. The summed E-state index contributed by atoms with van der Waals surface area (Å²) in [5.41, 5.74) is 6.54. The molecule has 4 aromatic rings. The van der Waals surface area contributed by atoms with Crippen LogP contribution in [0.2, 0.25) is 0 Å². The predicted molar refractivity (Wildman–Crippen MR) is 173 cm³/mol. The summed E-state index contributed by atoms with van der Waals surface area (Å²) in [4.78, 5) is 14.1. The average molecular weight is 591 g/mol. The van der Waals surface area contributed by atoms with Gasteiger partial charge in [-0.3, -0.25) is 4.79 Å². The Balaban J connectivity index is 1.36. The Labute approximate surface area is 258 Å². The van der Waals surface area contributed by atoms with E-state index >= 15 is 0 Å². The molecule has 0 radical (unpaired) electrons. The molecule has 1 aliphatic carbocycles. The first kappa shape index (κ1) is 29.2. The maximum Gasteiger partial charge on any atom is 0.163 e. The molecule has 6 rings (SSSR count). The maximum absolute atomic E-state index is 14.1. The van der Waals surface area contributed by atoms with Crippen LogP contribution < -0.4 is 29.6 Å². The summed E-state index contributed by atoms with van der Waals surface area (Å²) in [6, 6.07) is 29.6. The van der Waals surface area contributed by atoms with Crippen molar-refractivity contribution in [3.05, 3.63) is 119 Å². The Morgan fingerprint density at radius 1 is 0.750 bits per heavy atom. The van der Waals surface area contributed by atoms with E-state index in [9.17, 15) is 4.79 Å². The molecular formula is C37H38N2O5. The van der Waals surface area contributed by atoms with Crippen molar-refractivity contribution in [2.45, 2.75) is 51.4 Å². The molecule has 0 fully saturated rings. The van der Waals surface area contributed by atoms with Gasteiger partial charge < -0.3 is 29.6 Å². The second-order valence-corrected chi connectivity index (χ2v) is 11.4. The van der Waals surface area contributed by atoms with Gasteiger partial charge in [-0.15, -0.1) is 0 Å². The molecule has 0 bridgehead atoms. The van der Waals surface area contributed by atoms with Crippen molar-refractivity contribution in [3.8, 4) is 23.0 Å². The van der Waals surface area contributed by atoms with Crippen molar-refractivity contribution in [2.75, 3.05) is 24.9 Å². The summed E-state index contributed by atoms with van der Waals surface area (Å²) in [6.45, 7) is 4.38. The van der Waals surface area contributed by atoms with Gasteiger partial charge in [0.1, 0.15) is 6.61 Å². The lowest BCUT2D eigenvalue weighted by Gasteiger charge is -2.30. The summed E-state index contributed by atoms with van der Waals surface area (Å²) in [5.74, 6) is 2.72. The van der Waals surface area contributed by atoms with E-state index in [4.69, 9.17) is 18.9 Å². The van der Waals surface area contributed by atoms with Crippen LogP contribution in [-0.2, 0) is 11.4 Å². The quantitative estimate of drug-likeness (QED) is 0.204. The highest BCUT2D eigenvalue weighted by Gasteiger charge is 2.36. The fourth-order valence-electron chi connectivity index (χ4n) is 5.99. The Morgan fingerprint density at radius 3 is 2.18 bits per heavy atom. The van der Waals surface area contributed by atoms with Gasteiger partial charge in [-0.05, 0) is 79.3 Å². The molecule has 2 aliphatic rings. The van der Waals surface area contributed by atoms with Gasteiger partial charge in [-0.1, -0.05) is 54.6 Å². The number of methoxy groups -OCH3 is 2. The van der Waals surface area contributed by atoms with Gasteiger partial charge in [0.05, 0.1) is 37.7 Å². The van der Waals surface area contributed by atoms with E-state index in [2.05, 4.69) is 10.6 Å². The van der Waals surface area contributed by atoms with Crippen LogP contribution in [0.1, 0.15) is 55.3 Å². The molecule has 0 aromatic heterocycles. The number of rotatable bonds is 9. The Bertz CT molecular complexity index is 1680. The van der Waals surface area contributed by atoms with Gasteiger partial charge in [-0.25, -0.2) is 0 Å². The third-order valence-electron chi connectivity index (χ3n) is 8.09. The topological polar surface area (TPSA) is 78.1 Å². The van der Waals surface area contributed by atoms with Crippen molar-refractivity contribution in [3.63, 3.8) is 0 Å². The van der Waals surface area contributed by atoms with Crippen LogP contribution in [-0.4, -0.2) is 26.1 Å². The molecule has 7 nitrogen and oxygen atoms in total. The first-order valence-electron chi connectivity index (χ1n) is 15.0. The van der Waals surface area contributed by atoms with Crippen LogP contribution in [0.5, 0.6) is 23.0 Å². The molecule has 4 aromatic carbocycles. The number of ether oxygens (including phenoxy) is 4. The number of anilines is 2. The first-order valence-corrected chi connectivity index (χ1v) is 15.0. The molecule has 1 aliphatic heterocycles. The third-order valence-corrected chi connectivity index (χ3v) is 8.09. The van der Waals surface area contributed by atoms with E-state index in [1.54, 1.807) is 14.2 Å². The van der Waals surface area contributed by atoms with Crippen LogP contribution in [0.25, 0.3) is 0 Å². The van der Waals surface area contributed by atoms with Crippen LogP contribution in [0, 0.1) is 0 Å². The second kappa shape index (κ2) is 12.8. The molecule has 1 heterocycles. The molecule has 0 saturated heterocycles. The summed E-state index contributed by atoms with van der Waals surface area (Å²) >= 11 is 0. The molecule has 0 spiro atoms. The van der Waals surface area contributed by atoms with E-state index in [1.807, 2.05) is 105 Å². The van der Waals surface area contributed by atoms with E-state index in [0.29, 0.717) is 42.4 Å². The van der Waals surface area contributed by atoms with Crippen LogP contribution >= 0.6 is 0 Å². The van der Waals surface area contributed by atoms with Crippen LogP contribution in [0.3, 0.4) is 0 Å². The minimum Gasteiger partial charge on any atom is -0.493 e. The third kappa shape index (κ3) is 6.09. The largest absolute Gasteiger partial charge is 0.493 e. The minimum absolute atomic E-state index is 0.0118. The molecule has 7 heteroatoms. The predicted octanol–water partition coefficient (Wildman–Crippen LogP) is 8.05. The Kier molecular flexibility index (Phi) is 8.46. The normalized spacial score (nSPS) is 17.5. The molecular weight excluding hydrogens is 552 g/mol. The number of carbonyl (C=O) groups excluding carboxylic acids is 1.